The number of fused-ring (bicyclic) bond motifs is 1. The Morgan fingerprint density at radius 1 is 1.42 bits per heavy atom. The molecule has 0 amide bonds. The summed E-state index contributed by atoms with van der Waals surface area (Å²) in [5.74, 6) is 0.753. The second kappa shape index (κ2) is 3.95. The van der Waals surface area contributed by atoms with Crippen molar-refractivity contribution >= 4 is 11.6 Å². The molecule has 1 heterocycles. The van der Waals surface area contributed by atoms with Crippen LogP contribution >= 0.6 is 11.6 Å². The Labute approximate surface area is 78.8 Å². The van der Waals surface area contributed by atoms with Gasteiger partial charge in [-0.1, -0.05) is 0 Å². The van der Waals surface area contributed by atoms with E-state index in [9.17, 15) is 0 Å². The van der Waals surface area contributed by atoms with Crippen LogP contribution in [0.5, 0.6) is 0 Å². The summed E-state index contributed by atoms with van der Waals surface area (Å²) in [6, 6.07) is 0.678. The van der Waals surface area contributed by atoms with Crippen molar-refractivity contribution < 1.29 is 4.74 Å². The van der Waals surface area contributed by atoms with Crippen molar-refractivity contribution in [2.45, 2.75) is 31.4 Å². The molecule has 1 saturated heterocycles. The third-order valence-corrected chi connectivity index (χ3v) is 3.14. The summed E-state index contributed by atoms with van der Waals surface area (Å²) in [4.78, 5) is 2.49. The zero-order valence-electron chi connectivity index (χ0n) is 7.34. The van der Waals surface area contributed by atoms with Gasteiger partial charge >= 0.3 is 0 Å². The van der Waals surface area contributed by atoms with Gasteiger partial charge < -0.3 is 4.74 Å². The molecule has 2 aliphatic rings. The summed E-state index contributed by atoms with van der Waals surface area (Å²) < 4.78 is 5.69. The zero-order chi connectivity index (χ0) is 8.39. The van der Waals surface area contributed by atoms with Crippen LogP contribution in [0.15, 0.2) is 0 Å². The summed E-state index contributed by atoms with van der Waals surface area (Å²) in [7, 11) is 0. The summed E-state index contributed by atoms with van der Waals surface area (Å²) >= 11 is 5.74. The summed E-state index contributed by atoms with van der Waals surface area (Å²) in [6.45, 7) is 3.01. The van der Waals surface area contributed by atoms with E-state index in [-0.39, 0.29) is 0 Å². The van der Waals surface area contributed by atoms with Gasteiger partial charge in [-0.05, 0) is 19.3 Å². The third-order valence-electron chi connectivity index (χ3n) is 2.97. The van der Waals surface area contributed by atoms with Gasteiger partial charge in [0.2, 0.25) is 0 Å². The average molecular weight is 190 g/mol. The molecule has 0 aromatic heterocycles. The lowest BCUT2D eigenvalue weighted by atomic mass is 10.1. The fourth-order valence-electron chi connectivity index (χ4n) is 2.39. The van der Waals surface area contributed by atoms with Crippen molar-refractivity contribution in [2.75, 3.05) is 25.6 Å². The van der Waals surface area contributed by atoms with Crippen LogP contribution < -0.4 is 0 Å². The van der Waals surface area contributed by atoms with Crippen molar-refractivity contribution in [3.63, 3.8) is 0 Å². The van der Waals surface area contributed by atoms with Gasteiger partial charge in [-0.3, -0.25) is 4.90 Å². The van der Waals surface area contributed by atoms with Crippen LogP contribution in [0.4, 0.5) is 0 Å². The number of hydrogen-bond donors (Lipinski definition) is 0. The highest BCUT2D eigenvalue weighted by Crippen LogP contribution is 2.29. The highest BCUT2D eigenvalue weighted by molar-refractivity contribution is 6.18. The molecule has 1 saturated carbocycles. The molecule has 2 atom stereocenters. The quantitative estimate of drug-likeness (QED) is 0.611. The lowest BCUT2D eigenvalue weighted by molar-refractivity contribution is -0.0531. The number of morpholine rings is 1. The van der Waals surface area contributed by atoms with Crippen molar-refractivity contribution in [1.82, 2.24) is 4.90 Å². The van der Waals surface area contributed by atoms with Crippen molar-refractivity contribution in [3.8, 4) is 0 Å². The molecule has 2 nitrogen and oxygen atoms in total. The molecule has 0 bridgehead atoms. The van der Waals surface area contributed by atoms with E-state index in [4.69, 9.17) is 16.3 Å². The lowest BCUT2D eigenvalue weighted by Crippen LogP contribution is -2.49. The van der Waals surface area contributed by atoms with E-state index >= 15 is 0 Å². The predicted molar refractivity (Wildman–Crippen MR) is 49.7 cm³/mol. The number of hydrogen-bond acceptors (Lipinski definition) is 2. The predicted octanol–water partition coefficient (Wildman–Crippen LogP) is 1.48. The Balaban J connectivity index is 1.94. The Hall–Kier alpha value is 0.210. The molecule has 2 unspecified atom stereocenters. The van der Waals surface area contributed by atoms with Gasteiger partial charge in [0, 0.05) is 25.0 Å². The van der Waals surface area contributed by atoms with Crippen LogP contribution in [0.3, 0.4) is 0 Å². The number of rotatable bonds is 2. The maximum Gasteiger partial charge on any atom is 0.0730 e. The van der Waals surface area contributed by atoms with Crippen LogP contribution in [0.25, 0.3) is 0 Å². The first-order valence-electron chi connectivity index (χ1n) is 4.83. The molecule has 3 heteroatoms. The summed E-state index contributed by atoms with van der Waals surface area (Å²) in [6.07, 6.45) is 4.40. The summed E-state index contributed by atoms with van der Waals surface area (Å²) in [5.41, 5.74) is 0. The molecular formula is C9H16ClNO. The average Bonchev–Trinajstić information content (AvgIpc) is 2.53. The fraction of sp³-hybridized carbons (Fsp3) is 1.00. The zero-order valence-corrected chi connectivity index (χ0v) is 8.09. The van der Waals surface area contributed by atoms with E-state index < -0.39 is 0 Å². The summed E-state index contributed by atoms with van der Waals surface area (Å²) in [5, 5.41) is 0. The maximum absolute atomic E-state index is 5.74. The van der Waals surface area contributed by atoms with E-state index in [0.717, 1.165) is 25.6 Å². The lowest BCUT2D eigenvalue weighted by Gasteiger charge is -2.37. The van der Waals surface area contributed by atoms with Gasteiger partial charge in [0.15, 0.2) is 0 Å². The van der Waals surface area contributed by atoms with Crippen LogP contribution in [0.1, 0.15) is 19.3 Å². The molecule has 0 N–H and O–H groups in total. The van der Waals surface area contributed by atoms with E-state index in [2.05, 4.69) is 4.90 Å². The van der Waals surface area contributed by atoms with Crippen LogP contribution in [0, 0.1) is 0 Å². The molecule has 0 radical (unpaired) electrons. The first-order chi connectivity index (χ1) is 5.92. The standard InChI is InChI=1S/C9H16ClNO/c10-4-5-11-6-7-12-9-3-1-2-8(9)11/h8-9H,1-7H2. The van der Waals surface area contributed by atoms with Crippen LogP contribution in [0.2, 0.25) is 0 Å². The molecule has 0 aromatic rings. The van der Waals surface area contributed by atoms with Gasteiger partial charge in [0.25, 0.3) is 0 Å². The molecular weight excluding hydrogens is 174 g/mol. The second-order valence-corrected chi connectivity index (χ2v) is 4.01. The normalized spacial score (nSPS) is 36.8. The highest BCUT2D eigenvalue weighted by Gasteiger charge is 2.35. The van der Waals surface area contributed by atoms with E-state index in [1.54, 1.807) is 0 Å². The van der Waals surface area contributed by atoms with Gasteiger partial charge in [0.1, 0.15) is 0 Å². The minimum Gasteiger partial charge on any atom is -0.375 e. The minimum atomic E-state index is 0.516. The molecule has 1 aliphatic carbocycles. The Morgan fingerprint density at radius 3 is 3.17 bits per heavy atom. The first kappa shape index (κ1) is 8.79. The Kier molecular flexibility index (Phi) is 2.89. The molecule has 1 aliphatic heterocycles. The largest absolute Gasteiger partial charge is 0.375 e. The smallest absolute Gasteiger partial charge is 0.0730 e. The Morgan fingerprint density at radius 2 is 2.33 bits per heavy atom. The number of nitrogens with zero attached hydrogens (tertiary/aromatic N) is 1. The number of halogens is 1. The number of ether oxygens (including phenoxy) is 1. The molecule has 0 spiro atoms. The van der Waals surface area contributed by atoms with Gasteiger partial charge in [-0.25, -0.2) is 0 Å². The maximum atomic E-state index is 5.74. The second-order valence-electron chi connectivity index (χ2n) is 3.63. The minimum absolute atomic E-state index is 0.516. The molecule has 2 rings (SSSR count). The SMILES string of the molecule is ClCCN1CCOC2CCCC21. The molecule has 70 valence electrons. The third kappa shape index (κ3) is 1.61. The molecule has 0 aromatic carbocycles. The number of alkyl halides is 1. The van der Waals surface area contributed by atoms with Crippen molar-refractivity contribution in [1.29, 1.82) is 0 Å². The molecule has 2 fully saturated rings. The van der Waals surface area contributed by atoms with Gasteiger partial charge in [-0.2, -0.15) is 0 Å². The highest BCUT2D eigenvalue weighted by atomic mass is 35.5. The van der Waals surface area contributed by atoms with Gasteiger partial charge in [0.05, 0.1) is 12.7 Å². The Bertz CT molecular complexity index is 151. The topological polar surface area (TPSA) is 12.5 Å². The fourth-order valence-corrected chi connectivity index (χ4v) is 2.61. The van der Waals surface area contributed by atoms with Crippen molar-refractivity contribution in [2.24, 2.45) is 0 Å². The van der Waals surface area contributed by atoms with Gasteiger partial charge in [-0.15, -0.1) is 11.6 Å². The van der Waals surface area contributed by atoms with Crippen molar-refractivity contribution in [3.05, 3.63) is 0 Å². The van der Waals surface area contributed by atoms with E-state index in [1.165, 1.54) is 19.3 Å². The van der Waals surface area contributed by atoms with E-state index in [0.29, 0.717) is 12.1 Å². The van der Waals surface area contributed by atoms with Crippen LogP contribution in [-0.2, 0) is 4.74 Å². The molecule has 12 heavy (non-hydrogen) atoms. The first-order valence-corrected chi connectivity index (χ1v) is 5.37. The van der Waals surface area contributed by atoms with Crippen LogP contribution in [-0.4, -0.2) is 42.6 Å². The van der Waals surface area contributed by atoms with E-state index in [1.807, 2.05) is 0 Å². The monoisotopic (exact) mass is 189 g/mol.